The molecular weight excluding hydrogens is 365 g/mol. The van der Waals surface area contributed by atoms with E-state index in [4.69, 9.17) is 5.73 Å². The summed E-state index contributed by atoms with van der Waals surface area (Å²) in [6, 6.07) is 4.34. The van der Waals surface area contributed by atoms with Gasteiger partial charge in [0.1, 0.15) is 0 Å². The van der Waals surface area contributed by atoms with Gasteiger partial charge in [0.15, 0.2) is 5.13 Å². The van der Waals surface area contributed by atoms with Crippen molar-refractivity contribution in [3.63, 3.8) is 0 Å². The zero-order valence-corrected chi connectivity index (χ0v) is 13.3. The summed E-state index contributed by atoms with van der Waals surface area (Å²) >= 11 is 4.32. The molecule has 3 rings (SSSR count). The standard InChI is InChI=1S/C14H12BrF3N2S/c15-10-4-1-7(5-9(10)14(16,17)18)6-11-12(8-2-3-8)20-13(19)21-11/h1,4-5,8H,2-3,6H2,(H2,19,20). The molecule has 1 aliphatic rings. The molecule has 1 aliphatic carbocycles. The van der Waals surface area contributed by atoms with E-state index in [9.17, 15) is 13.2 Å². The van der Waals surface area contributed by atoms with Crippen LogP contribution in [0.25, 0.3) is 0 Å². The monoisotopic (exact) mass is 376 g/mol. The number of aromatic nitrogens is 1. The predicted molar refractivity (Wildman–Crippen MR) is 80.5 cm³/mol. The Labute approximate surface area is 132 Å². The SMILES string of the molecule is Nc1nc(C2CC2)c(Cc2ccc(Br)c(C(F)(F)F)c2)s1. The van der Waals surface area contributed by atoms with Gasteiger partial charge in [0.2, 0.25) is 0 Å². The van der Waals surface area contributed by atoms with Crippen molar-refractivity contribution in [3.05, 3.63) is 44.4 Å². The zero-order chi connectivity index (χ0) is 15.2. The fourth-order valence-corrected chi connectivity index (χ4v) is 3.69. The minimum atomic E-state index is -4.36. The Balaban J connectivity index is 1.92. The third-order valence-corrected chi connectivity index (χ3v) is 5.00. The van der Waals surface area contributed by atoms with Crippen molar-refractivity contribution in [1.29, 1.82) is 0 Å². The van der Waals surface area contributed by atoms with Crippen LogP contribution >= 0.6 is 27.3 Å². The lowest BCUT2D eigenvalue weighted by molar-refractivity contribution is -0.138. The Kier molecular flexibility index (Phi) is 3.73. The first-order valence-corrected chi connectivity index (χ1v) is 8.06. The van der Waals surface area contributed by atoms with Crippen molar-refractivity contribution in [2.45, 2.75) is 31.4 Å². The molecule has 1 aromatic carbocycles. The highest BCUT2D eigenvalue weighted by Gasteiger charge is 2.33. The highest BCUT2D eigenvalue weighted by atomic mass is 79.9. The van der Waals surface area contributed by atoms with Gasteiger partial charge in [0.25, 0.3) is 0 Å². The number of alkyl halides is 3. The number of rotatable bonds is 3. The number of thiazole rings is 1. The Morgan fingerprint density at radius 2 is 2.05 bits per heavy atom. The maximum atomic E-state index is 12.9. The van der Waals surface area contributed by atoms with Crippen LogP contribution in [0.2, 0.25) is 0 Å². The first-order valence-electron chi connectivity index (χ1n) is 6.45. The second kappa shape index (κ2) is 5.28. The minimum absolute atomic E-state index is 0.0602. The normalized spacial score (nSPS) is 15.4. The molecule has 2 aromatic rings. The number of halogens is 4. The number of nitrogens with zero attached hydrogens (tertiary/aromatic N) is 1. The Hall–Kier alpha value is -1.08. The number of anilines is 1. The molecule has 0 spiro atoms. The molecule has 0 saturated heterocycles. The number of hydrogen-bond donors (Lipinski definition) is 1. The predicted octanol–water partition coefficient (Wildman–Crippen LogP) is 4.97. The fourth-order valence-electron chi connectivity index (χ4n) is 2.27. The molecule has 0 radical (unpaired) electrons. The number of nitrogens with two attached hydrogens (primary N) is 1. The lowest BCUT2D eigenvalue weighted by Gasteiger charge is -2.11. The average molecular weight is 377 g/mol. The maximum Gasteiger partial charge on any atom is 0.417 e. The number of hydrogen-bond acceptors (Lipinski definition) is 3. The van der Waals surface area contributed by atoms with Gasteiger partial charge in [-0.05, 0) is 30.5 Å². The first kappa shape index (κ1) is 14.8. The molecule has 1 fully saturated rings. The summed E-state index contributed by atoms with van der Waals surface area (Å²) in [5.41, 5.74) is 6.68. The van der Waals surface area contributed by atoms with Crippen molar-refractivity contribution in [2.24, 2.45) is 0 Å². The van der Waals surface area contributed by atoms with Crippen LogP contribution in [0.3, 0.4) is 0 Å². The van der Waals surface area contributed by atoms with E-state index in [0.29, 0.717) is 23.0 Å². The summed E-state index contributed by atoms with van der Waals surface area (Å²) in [5.74, 6) is 0.436. The third-order valence-electron chi connectivity index (χ3n) is 3.41. The van der Waals surface area contributed by atoms with Gasteiger partial charge >= 0.3 is 6.18 Å². The van der Waals surface area contributed by atoms with Crippen LogP contribution in [-0.2, 0) is 12.6 Å². The summed E-state index contributed by atoms with van der Waals surface area (Å²) in [7, 11) is 0. The van der Waals surface area contributed by atoms with Crippen LogP contribution < -0.4 is 5.73 Å². The van der Waals surface area contributed by atoms with Gasteiger partial charge in [-0.2, -0.15) is 13.2 Å². The molecule has 7 heteroatoms. The molecule has 1 saturated carbocycles. The highest BCUT2D eigenvalue weighted by molar-refractivity contribution is 9.10. The molecule has 0 bridgehead atoms. The molecule has 21 heavy (non-hydrogen) atoms. The lowest BCUT2D eigenvalue weighted by Crippen LogP contribution is -2.07. The Bertz CT molecular complexity index is 677. The van der Waals surface area contributed by atoms with E-state index in [-0.39, 0.29) is 4.47 Å². The van der Waals surface area contributed by atoms with Crippen molar-refractivity contribution in [3.8, 4) is 0 Å². The molecule has 0 unspecified atom stereocenters. The molecule has 1 heterocycles. The van der Waals surface area contributed by atoms with Gasteiger partial charge in [-0.3, -0.25) is 0 Å². The topological polar surface area (TPSA) is 38.9 Å². The zero-order valence-electron chi connectivity index (χ0n) is 10.9. The summed E-state index contributed by atoms with van der Waals surface area (Å²) in [6.45, 7) is 0. The van der Waals surface area contributed by atoms with Gasteiger partial charge in [-0.25, -0.2) is 4.98 Å². The van der Waals surface area contributed by atoms with Gasteiger partial charge in [-0.1, -0.05) is 22.0 Å². The molecule has 0 aliphatic heterocycles. The van der Waals surface area contributed by atoms with Gasteiger partial charge in [0.05, 0.1) is 11.3 Å². The second-order valence-corrected chi connectivity index (χ2v) is 7.09. The molecular formula is C14H12BrF3N2S. The van der Waals surface area contributed by atoms with E-state index in [1.807, 2.05) is 0 Å². The molecule has 0 atom stereocenters. The number of nitrogen functional groups attached to an aromatic ring is 1. The van der Waals surface area contributed by atoms with Gasteiger partial charge in [-0.15, -0.1) is 11.3 Å². The maximum absolute atomic E-state index is 12.9. The lowest BCUT2D eigenvalue weighted by atomic mass is 10.1. The van der Waals surface area contributed by atoms with Crippen LogP contribution in [0.15, 0.2) is 22.7 Å². The van der Waals surface area contributed by atoms with Crippen LogP contribution in [-0.4, -0.2) is 4.98 Å². The molecule has 2 nitrogen and oxygen atoms in total. The Morgan fingerprint density at radius 1 is 1.33 bits per heavy atom. The van der Waals surface area contributed by atoms with E-state index in [2.05, 4.69) is 20.9 Å². The van der Waals surface area contributed by atoms with Crippen LogP contribution in [0.1, 0.15) is 40.5 Å². The first-order chi connectivity index (χ1) is 9.84. The summed E-state index contributed by atoms with van der Waals surface area (Å²) < 4.78 is 38.8. The van der Waals surface area contributed by atoms with Crippen molar-refractivity contribution >= 4 is 32.4 Å². The quantitative estimate of drug-likeness (QED) is 0.820. The highest BCUT2D eigenvalue weighted by Crippen LogP contribution is 2.44. The van der Waals surface area contributed by atoms with Crippen LogP contribution in [0, 0.1) is 0 Å². The summed E-state index contributed by atoms with van der Waals surface area (Å²) in [6.07, 6.45) is -1.74. The number of benzene rings is 1. The van der Waals surface area contributed by atoms with Gasteiger partial charge in [0, 0.05) is 21.7 Å². The van der Waals surface area contributed by atoms with E-state index >= 15 is 0 Å². The van der Waals surface area contributed by atoms with E-state index < -0.39 is 11.7 Å². The second-order valence-electron chi connectivity index (χ2n) is 5.12. The van der Waals surface area contributed by atoms with Crippen molar-refractivity contribution in [2.75, 3.05) is 5.73 Å². The average Bonchev–Trinajstić information content (AvgIpc) is 3.15. The minimum Gasteiger partial charge on any atom is -0.375 e. The molecule has 0 amide bonds. The Morgan fingerprint density at radius 3 is 2.67 bits per heavy atom. The smallest absolute Gasteiger partial charge is 0.375 e. The van der Waals surface area contributed by atoms with Crippen LogP contribution in [0.4, 0.5) is 18.3 Å². The van der Waals surface area contributed by atoms with Crippen LogP contribution in [0.5, 0.6) is 0 Å². The molecule has 2 N–H and O–H groups in total. The fraction of sp³-hybridized carbons (Fsp3) is 0.357. The van der Waals surface area contributed by atoms with Crippen molar-refractivity contribution in [1.82, 2.24) is 4.98 Å². The molecule has 112 valence electrons. The largest absolute Gasteiger partial charge is 0.417 e. The van der Waals surface area contributed by atoms with E-state index in [0.717, 1.165) is 23.4 Å². The summed E-state index contributed by atoms with van der Waals surface area (Å²) in [5, 5.41) is 0.486. The summed E-state index contributed by atoms with van der Waals surface area (Å²) in [4.78, 5) is 5.30. The van der Waals surface area contributed by atoms with E-state index in [1.165, 1.54) is 23.5 Å². The van der Waals surface area contributed by atoms with Crippen molar-refractivity contribution < 1.29 is 13.2 Å². The third kappa shape index (κ3) is 3.23. The molecule has 1 aromatic heterocycles. The van der Waals surface area contributed by atoms with Gasteiger partial charge < -0.3 is 5.73 Å². The van der Waals surface area contributed by atoms with E-state index in [1.54, 1.807) is 6.07 Å².